The Balaban J connectivity index is 2.11. The number of H-pyrrole nitrogens is 1. The van der Waals surface area contributed by atoms with Gasteiger partial charge in [0.15, 0.2) is 0 Å². The van der Waals surface area contributed by atoms with Crippen LogP contribution in [0.2, 0.25) is 0 Å². The van der Waals surface area contributed by atoms with Crippen LogP contribution in [0, 0.1) is 5.92 Å². The minimum atomic E-state index is -0.344. The minimum absolute atomic E-state index is 0.180. The summed E-state index contributed by atoms with van der Waals surface area (Å²) in [4.78, 5) is 22.9. The van der Waals surface area contributed by atoms with E-state index >= 15 is 0 Å². The third kappa shape index (κ3) is 3.78. The quantitative estimate of drug-likeness (QED) is 0.895. The number of benzene rings is 1. The molecule has 2 aromatic rings. The summed E-state index contributed by atoms with van der Waals surface area (Å²) in [5, 5.41) is 8.70. The van der Waals surface area contributed by atoms with Crippen molar-refractivity contribution in [1.29, 1.82) is 0 Å². The largest absolute Gasteiger partial charge is 0.321 e. The number of nitrogens with one attached hydrogen (secondary N) is 2. The second-order valence-electron chi connectivity index (χ2n) is 5.06. The third-order valence-corrected chi connectivity index (χ3v) is 2.74. The Morgan fingerprint density at radius 3 is 2.75 bits per heavy atom. The minimum Gasteiger partial charge on any atom is -0.321 e. The maximum atomic E-state index is 12.0. The molecule has 0 spiro atoms. The fourth-order valence-electron chi connectivity index (χ4n) is 1.91. The van der Waals surface area contributed by atoms with Crippen molar-refractivity contribution in [2.75, 3.05) is 5.32 Å². The molecule has 0 fully saturated rings. The number of aromatic amines is 1. The molecule has 0 aliphatic rings. The molecule has 1 aromatic carbocycles. The lowest BCUT2D eigenvalue weighted by Gasteiger charge is -2.08. The van der Waals surface area contributed by atoms with E-state index in [0.29, 0.717) is 5.92 Å². The number of anilines is 1. The molecule has 0 radical (unpaired) electrons. The molecule has 1 amide bonds. The molecule has 0 aliphatic carbocycles. The number of carbonyl (C=O) groups is 1. The zero-order chi connectivity index (χ0) is 14.5. The highest BCUT2D eigenvalue weighted by Gasteiger charge is 2.08. The van der Waals surface area contributed by atoms with Crippen LogP contribution in [0.1, 0.15) is 29.9 Å². The van der Waals surface area contributed by atoms with E-state index in [1.807, 2.05) is 24.3 Å². The number of amides is 1. The summed E-state index contributed by atoms with van der Waals surface area (Å²) in [6, 6.07) is 10.4. The number of rotatable bonds is 4. The van der Waals surface area contributed by atoms with Gasteiger partial charge in [-0.05, 0) is 36.1 Å². The topological polar surface area (TPSA) is 74.8 Å². The summed E-state index contributed by atoms with van der Waals surface area (Å²) in [6.07, 6.45) is 0.959. The van der Waals surface area contributed by atoms with E-state index in [2.05, 4.69) is 29.4 Å². The van der Waals surface area contributed by atoms with Crippen molar-refractivity contribution in [3.63, 3.8) is 0 Å². The predicted octanol–water partition coefficient (Wildman–Crippen LogP) is 2.22. The second kappa shape index (κ2) is 6.14. The molecule has 1 heterocycles. The van der Waals surface area contributed by atoms with E-state index in [-0.39, 0.29) is 17.2 Å². The summed E-state index contributed by atoms with van der Waals surface area (Å²) in [6.45, 7) is 4.30. The van der Waals surface area contributed by atoms with E-state index < -0.39 is 0 Å². The summed E-state index contributed by atoms with van der Waals surface area (Å²) in [7, 11) is 0. The normalized spacial score (nSPS) is 10.6. The number of hydrogen-bond donors (Lipinski definition) is 2. The SMILES string of the molecule is CC(C)Cc1cccc(NC(=O)c2ccc(=O)[nH]n2)c1. The monoisotopic (exact) mass is 271 g/mol. The summed E-state index contributed by atoms with van der Waals surface area (Å²) in [5.41, 5.74) is 1.74. The lowest BCUT2D eigenvalue weighted by molar-refractivity contribution is 0.102. The van der Waals surface area contributed by atoms with Crippen molar-refractivity contribution in [2.24, 2.45) is 5.92 Å². The number of aromatic nitrogens is 2. The average Bonchev–Trinajstić information content (AvgIpc) is 2.39. The van der Waals surface area contributed by atoms with Gasteiger partial charge >= 0.3 is 0 Å². The summed E-state index contributed by atoms with van der Waals surface area (Å²) < 4.78 is 0. The van der Waals surface area contributed by atoms with Gasteiger partial charge in [-0.25, -0.2) is 5.10 Å². The van der Waals surface area contributed by atoms with Crippen LogP contribution in [0.4, 0.5) is 5.69 Å². The molecule has 5 heteroatoms. The molecule has 2 N–H and O–H groups in total. The molecule has 0 saturated carbocycles. The van der Waals surface area contributed by atoms with Crippen molar-refractivity contribution >= 4 is 11.6 Å². The summed E-state index contributed by atoms with van der Waals surface area (Å²) >= 11 is 0. The molecular weight excluding hydrogens is 254 g/mol. The Labute approximate surface area is 117 Å². The van der Waals surface area contributed by atoms with E-state index in [0.717, 1.165) is 12.1 Å². The van der Waals surface area contributed by atoms with Crippen LogP contribution in [0.25, 0.3) is 0 Å². The fraction of sp³-hybridized carbons (Fsp3) is 0.267. The smallest absolute Gasteiger partial charge is 0.276 e. The third-order valence-electron chi connectivity index (χ3n) is 2.74. The molecule has 20 heavy (non-hydrogen) atoms. The van der Waals surface area contributed by atoms with Gasteiger partial charge in [-0.1, -0.05) is 26.0 Å². The summed E-state index contributed by atoms with van der Waals surface area (Å²) in [5.74, 6) is 0.213. The lowest BCUT2D eigenvalue weighted by atomic mass is 10.0. The number of carbonyl (C=O) groups excluding carboxylic acids is 1. The predicted molar refractivity (Wildman–Crippen MR) is 77.8 cm³/mol. The van der Waals surface area contributed by atoms with Gasteiger partial charge < -0.3 is 5.32 Å². The Morgan fingerprint density at radius 2 is 2.10 bits per heavy atom. The van der Waals surface area contributed by atoms with Gasteiger partial charge in [0.1, 0.15) is 5.69 Å². The van der Waals surface area contributed by atoms with Gasteiger partial charge in [0.25, 0.3) is 11.5 Å². The first-order valence-electron chi connectivity index (χ1n) is 6.50. The lowest BCUT2D eigenvalue weighted by Crippen LogP contribution is -2.17. The first-order valence-corrected chi connectivity index (χ1v) is 6.50. The van der Waals surface area contributed by atoms with E-state index in [9.17, 15) is 9.59 Å². The van der Waals surface area contributed by atoms with E-state index in [1.54, 1.807) is 0 Å². The standard InChI is InChI=1S/C15H17N3O2/c1-10(2)8-11-4-3-5-12(9-11)16-15(20)13-6-7-14(19)18-17-13/h3-7,9-10H,8H2,1-2H3,(H,16,20)(H,18,19). The zero-order valence-electron chi connectivity index (χ0n) is 11.5. The van der Waals surface area contributed by atoms with E-state index in [4.69, 9.17) is 0 Å². The Bertz CT molecular complexity index is 642. The van der Waals surface area contributed by atoms with Crippen LogP contribution in [0.5, 0.6) is 0 Å². The Morgan fingerprint density at radius 1 is 1.30 bits per heavy atom. The van der Waals surface area contributed by atoms with E-state index in [1.165, 1.54) is 17.7 Å². The average molecular weight is 271 g/mol. The van der Waals surface area contributed by atoms with Crippen molar-refractivity contribution in [3.05, 3.63) is 58.0 Å². The van der Waals surface area contributed by atoms with Crippen molar-refractivity contribution in [1.82, 2.24) is 10.2 Å². The van der Waals surface area contributed by atoms with Crippen LogP contribution in [-0.2, 0) is 6.42 Å². The molecule has 0 atom stereocenters. The van der Waals surface area contributed by atoms with Crippen LogP contribution in [0.3, 0.4) is 0 Å². The van der Waals surface area contributed by atoms with Crippen LogP contribution in [-0.4, -0.2) is 16.1 Å². The highest BCUT2D eigenvalue weighted by atomic mass is 16.2. The fourth-order valence-corrected chi connectivity index (χ4v) is 1.91. The maximum absolute atomic E-state index is 12.0. The molecule has 5 nitrogen and oxygen atoms in total. The van der Waals surface area contributed by atoms with Crippen molar-refractivity contribution < 1.29 is 4.79 Å². The first kappa shape index (κ1) is 14.0. The van der Waals surface area contributed by atoms with Gasteiger partial charge in [0, 0.05) is 11.8 Å². The highest BCUT2D eigenvalue weighted by Crippen LogP contribution is 2.14. The van der Waals surface area contributed by atoms with Gasteiger partial charge in [0.05, 0.1) is 0 Å². The maximum Gasteiger partial charge on any atom is 0.276 e. The molecular formula is C15H17N3O2. The Hall–Kier alpha value is -2.43. The van der Waals surface area contributed by atoms with Gasteiger partial charge in [-0.15, -0.1) is 0 Å². The first-order chi connectivity index (χ1) is 9.54. The van der Waals surface area contributed by atoms with Crippen molar-refractivity contribution in [2.45, 2.75) is 20.3 Å². The Kier molecular flexibility index (Phi) is 4.30. The number of nitrogens with zero attached hydrogens (tertiary/aromatic N) is 1. The van der Waals surface area contributed by atoms with Gasteiger partial charge in [-0.2, -0.15) is 5.10 Å². The van der Waals surface area contributed by atoms with Gasteiger partial charge in [-0.3, -0.25) is 9.59 Å². The van der Waals surface area contributed by atoms with Crippen LogP contribution >= 0.6 is 0 Å². The van der Waals surface area contributed by atoms with Crippen molar-refractivity contribution in [3.8, 4) is 0 Å². The molecule has 0 saturated heterocycles. The molecule has 0 aliphatic heterocycles. The molecule has 104 valence electrons. The molecule has 0 bridgehead atoms. The molecule has 2 rings (SSSR count). The van der Waals surface area contributed by atoms with Crippen LogP contribution < -0.4 is 10.9 Å². The number of hydrogen-bond acceptors (Lipinski definition) is 3. The molecule has 1 aromatic heterocycles. The highest BCUT2D eigenvalue weighted by molar-refractivity contribution is 6.02. The van der Waals surface area contributed by atoms with Crippen LogP contribution in [0.15, 0.2) is 41.2 Å². The second-order valence-corrected chi connectivity index (χ2v) is 5.06. The molecule has 0 unspecified atom stereocenters. The van der Waals surface area contributed by atoms with Gasteiger partial charge in [0.2, 0.25) is 0 Å². The zero-order valence-corrected chi connectivity index (χ0v) is 11.5.